The van der Waals surface area contributed by atoms with Crippen molar-refractivity contribution >= 4 is 40.7 Å². The van der Waals surface area contributed by atoms with Crippen LogP contribution in [0.1, 0.15) is 10.4 Å². The summed E-state index contributed by atoms with van der Waals surface area (Å²) < 4.78 is 5.10. The lowest BCUT2D eigenvalue weighted by molar-refractivity contribution is -0.115. The summed E-state index contributed by atoms with van der Waals surface area (Å²) in [5.41, 5.74) is 0.778. The lowest BCUT2D eigenvalue weighted by Crippen LogP contribution is -2.33. The molecular weight excluding hydrogens is 339 g/mol. The first-order valence-corrected chi connectivity index (χ1v) is 7.43. The predicted molar refractivity (Wildman–Crippen MR) is 90.4 cm³/mol. The van der Waals surface area contributed by atoms with E-state index < -0.39 is 11.8 Å². The third kappa shape index (κ3) is 4.61. The molecule has 7 heteroatoms. The second-order valence-corrected chi connectivity index (χ2v) is 5.40. The van der Waals surface area contributed by atoms with E-state index in [1.54, 1.807) is 36.4 Å². The number of halogens is 2. The van der Waals surface area contributed by atoms with Gasteiger partial charge >= 0.3 is 0 Å². The van der Waals surface area contributed by atoms with Crippen LogP contribution in [0.4, 0.5) is 5.69 Å². The highest BCUT2D eigenvalue weighted by molar-refractivity contribution is 6.36. The molecule has 0 aromatic heterocycles. The summed E-state index contributed by atoms with van der Waals surface area (Å²) >= 11 is 11.8. The van der Waals surface area contributed by atoms with Crippen molar-refractivity contribution in [3.8, 4) is 5.75 Å². The molecule has 5 nitrogen and oxygen atoms in total. The van der Waals surface area contributed by atoms with E-state index >= 15 is 0 Å². The van der Waals surface area contributed by atoms with Crippen LogP contribution in [0.5, 0.6) is 5.75 Å². The molecule has 2 rings (SSSR count). The highest BCUT2D eigenvalue weighted by Crippen LogP contribution is 2.25. The maximum atomic E-state index is 12.1. The number of para-hydroxylation sites is 1. The number of hydrogen-bond acceptors (Lipinski definition) is 3. The van der Waals surface area contributed by atoms with Gasteiger partial charge in [0.15, 0.2) is 0 Å². The Bertz CT molecular complexity index is 735. The van der Waals surface area contributed by atoms with Crippen LogP contribution < -0.4 is 15.4 Å². The second-order valence-electron chi connectivity index (χ2n) is 4.56. The fourth-order valence-corrected chi connectivity index (χ4v) is 2.33. The topological polar surface area (TPSA) is 67.4 Å². The van der Waals surface area contributed by atoms with Gasteiger partial charge in [-0.3, -0.25) is 9.59 Å². The van der Waals surface area contributed by atoms with Crippen molar-refractivity contribution in [2.75, 3.05) is 19.0 Å². The highest BCUT2D eigenvalue weighted by atomic mass is 35.5. The van der Waals surface area contributed by atoms with Gasteiger partial charge in [-0.2, -0.15) is 0 Å². The Hall–Kier alpha value is -2.24. The van der Waals surface area contributed by atoms with E-state index in [-0.39, 0.29) is 6.54 Å². The van der Waals surface area contributed by atoms with Crippen LogP contribution in [-0.2, 0) is 4.79 Å². The first kappa shape index (κ1) is 17.1. The molecule has 0 aliphatic heterocycles. The molecule has 0 atom stereocenters. The van der Waals surface area contributed by atoms with Gasteiger partial charge in [-0.1, -0.05) is 35.3 Å². The van der Waals surface area contributed by atoms with Gasteiger partial charge in [0.05, 0.1) is 29.9 Å². The number of methoxy groups -OCH3 is 1. The van der Waals surface area contributed by atoms with E-state index in [9.17, 15) is 9.59 Å². The largest absolute Gasteiger partial charge is 0.496 e. The summed E-state index contributed by atoms with van der Waals surface area (Å²) in [6.45, 7) is -0.199. The van der Waals surface area contributed by atoms with Crippen LogP contribution in [0.15, 0.2) is 42.5 Å². The molecule has 23 heavy (non-hydrogen) atoms. The molecule has 0 aliphatic rings. The molecule has 0 bridgehead atoms. The molecule has 2 aromatic rings. The highest BCUT2D eigenvalue weighted by Gasteiger charge is 2.13. The molecule has 0 spiro atoms. The fourth-order valence-electron chi connectivity index (χ4n) is 1.87. The molecule has 0 saturated heterocycles. The molecule has 2 amide bonds. The van der Waals surface area contributed by atoms with Crippen molar-refractivity contribution in [2.24, 2.45) is 0 Å². The average molecular weight is 353 g/mol. The minimum absolute atomic E-state index is 0.199. The normalized spacial score (nSPS) is 10.0. The van der Waals surface area contributed by atoms with Gasteiger partial charge in [-0.15, -0.1) is 0 Å². The van der Waals surface area contributed by atoms with E-state index in [4.69, 9.17) is 27.9 Å². The molecule has 0 radical (unpaired) electrons. The Labute approximate surface area is 143 Å². The smallest absolute Gasteiger partial charge is 0.255 e. The van der Waals surface area contributed by atoms with Crippen molar-refractivity contribution in [3.63, 3.8) is 0 Å². The second kappa shape index (κ2) is 7.85. The maximum Gasteiger partial charge on any atom is 0.255 e. The average Bonchev–Trinajstić information content (AvgIpc) is 2.55. The number of ether oxygens (including phenoxy) is 1. The number of benzene rings is 2. The lowest BCUT2D eigenvalue weighted by Gasteiger charge is -2.10. The van der Waals surface area contributed by atoms with Crippen LogP contribution in [0, 0.1) is 0 Å². The third-order valence-electron chi connectivity index (χ3n) is 2.97. The summed E-state index contributed by atoms with van der Waals surface area (Å²) in [5.74, 6) is -0.372. The summed E-state index contributed by atoms with van der Waals surface area (Å²) in [4.78, 5) is 24.0. The number of anilines is 1. The van der Waals surface area contributed by atoms with E-state index in [2.05, 4.69) is 10.6 Å². The molecular formula is C16H14Cl2N2O3. The zero-order valence-corrected chi connectivity index (χ0v) is 13.7. The van der Waals surface area contributed by atoms with Crippen molar-refractivity contribution in [3.05, 3.63) is 58.1 Å². The Morgan fingerprint density at radius 3 is 2.57 bits per heavy atom. The Kier molecular flexibility index (Phi) is 5.84. The number of nitrogens with one attached hydrogen (secondary N) is 2. The van der Waals surface area contributed by atoms with Crippen LogP contribution in [-0.4, -0.2) is 25.5 Å². The van der Waals surface area contributed by atoms with Gasteiger partial charge in [0, 0.05) is 5.02 Å². The predicted octanol–water partition coefficient (Wildman–Crippen LogP) is 3.37. The molecule has 0 saturated carbocycles. The fraction of sp³-hybridized carbons (Fsp3) is 0.125. The molecule has 2 aromatic carbocycles. The third-order valence-corrected chi connectivity index (χ3v) is 3.51. The molecule has 0 fully saturated rings. The summed E-state index contributed by atoms with van der Waals surface area (Å²) in [6, 6.07) is 11.5. The lowest BCUT2D eigenvalue weighted by atomic mass is 10.2. The van der Waals surface area contributed by atoms with Gasteiger partial charge in [0.1, 0.15) is 5.75 Å². The number of amides is 2. The van der Waals surface area contributed by atoms with Gasteiger partial charge in [0.2, 0.25) is 5.91 Å². The minimum Gasteiger partial charge on any atom is -0.496 e. The number of carbonyl (C=O) groups excluding carboxylic acids is 2. The van der Waals surface area contributed by atoms with E-state index in [1.807, 2.05) is 0 Å². The first-order valence-electron chi connectivity index (χ1n) is 6.67. The van der Waals surface area contributed by atoms with Gasteiger partial charge < -0.3 is 15.4 Å². The standard InChI is InChI=1S/C16H14Cl2N2O3/c1-23-14-5-3-2-4-11(14)16(22)19-9-15(21)20-13-7-6-10(17)8-12(13)18/h2-8H,9H2,1H3,(H,19,22)(H,20,21). The van der Waals surface area contributed by atoms with E-state index in [0.717, 1.165) is 0 Å². The van der Waals surface area contributed by atoms with Crippen LogP contribution in [0.3, 0.4) is 0 Å². The number of hydrogen-bond donors (Lipinski definition) is 2. The van der Waals surface area contributed by atoms with Crippen molar-refractivity contribution in [1.29, 1.82) is 0 Å². The number of rotatable bonds is 5. The zero-order chi connectivity index (χ0) is 16.8. The first-order chi connectivity index (χ1) is 11.0. The van der Waals surface area contributed by atoms with Gasteiger partial charge in [-0.25, -0.2) is 0 Å². The summed E-state index contributed by atoms with van der Waals surface area (Å²) in [7, 11) is 1.47. The SMILES string of the molecule is COc1ccccc1C(=O)NCC(=O)Nc1ccc(Cl)cc1Cl. The van der Waals surface area contributed by atoms with Gasteiger partial charge in [0.25, 0.3) is 5.91 Å². The van der Waals surface area contributed by atoms with Gasteiger partial charge in [-0.05, 0) is 30.3 Å². The monoisotopic (exact) mass is 352 g/mol. The summed E-state index contributed by atoms with van der Waals surface area (Å²) in [5, 5.41) is 5.91. The van der Waals surface area contributed by atoms with Crippen LogP contribution in [0.25, 0.3) is 0 Å². The quantitative estimate of drug-likeness (QED) is 0.866. The number of carbonyl (C=O) groups is 2. The molecule has 0 aliphatic carbocycles. The Morgan fingerprint density at radius 1 is 1.13 bits per heavy atom. The van der Waals surface area contributed by atoms with E-state index in [0.29, 0.717) is 27.0 Å². The van der Waals surface area contributed by atoms with E-state index in [1.165, 1.54) is 13.2 Å². The molecule has 0 unspecified atom stereocenters. The maximum absolute atomic E-state index is 12.1. The Balaban J connectivity index is 1.95. The minimum atomic E-state index is -0.405. The van der Waals surface area contributed by atoms with Crippen LogP contribution >= 0.6 is 23.2 Å². The van der Waals surface area contributed by atoms with Crippen LogP contribution in [0.2, 0.25) is 10.0 Å². The molecule has 0 heterocycles. The van der Waals surface area contributed by atoms with Crippen molar-refractivity contribution in [1.82, 2.24) is 5.32 Å². The van der Waals surface area contributed by atoms with Crippen molar-refractivity contribution < 1.29 is 14.3 Å². The molecule has 2 N–H and O–H groups in total. The Morgan fingerprint density at radius 2 is 1.87 bits per heavy atom. The molecule has 120 valence electrons. The zero-order valence-electron chi connectivity index (χ0n) is 12.2. The van der Waals surface area contributed by atoms with Crippen molar-refractivity contribution in [2.45, 2.75) is 0 Å². The summed E-state index contributed by atoms with van der Waals surface area (Å²) in [6.07, 6.45) is 0.